The average molecular weight is 342 g/mol. The van der Waals surface area contributed by atoms with Gasteiger partial charge in [0.05, 0.1) is 16.3 Å². The van der Waals surface area contributed by atoms with Crippen molar-refractivity contribution in [3.63, 3.8) is 0 Å². The van der Waals surface area contributed by atoms with Gasteiger partial charge in [-0.2, -0.15) is 0 Å². The largest absolute Gasteiger partial charge is 0.392 e. The summed E-state index contributed by atoms with van der Waals surface area (Å²) in [4.78, 5) is 15.0. The molecule has 0 bridgehead atoms. The third-order valence-electron chi connectivity index (χ3n) is 4.62. The fourth-order valence-corrected chi connectivity index (χ4v) is 4.71. The van der Waals surface area contributed by atoms with Crippen molar-refractivity contribution < 1.29 is 5.11 Å². The van der Waals surface area contributed by atoms with Crippen LogP contribution in [-0.4, -0.2) is 32.7 Å². The number of aryl methyl sites for hydroxylation is 1. The van der Waals surface area contributed by atoms with Crippen LogP contribution in [0.4, 0.5) is 5.82 Å². The van der Waals surface area contributed by atoms with Gasteiger partial charge in [-0.05, 0) is 43.2 Å². The molecule has 2 N–H and O–H groups in total. The van der Waals surface area contributed by atoms with Crippen LogP contribution in [0, 0.1) is 0 Å². The van der Waals surface area contributed by atoms with Gasteiger partial charge in [-0.1, -0.05) is 13.8 Å². The fourth-order valence-electron chi connectivity index (χ4n) is 3.58. The van der Waals surface area contributed by atoms with E-state index >= 15 is 0 Å². The first-order valence-electron chi connectivity index (χ1n) is 8.57. The highest BCUT2D eigenvalue weighted by molar-refractivity contribution is 7.26. The number of pyridine rings is 1. The first kappa shape index (κ1) is 15.7. The van der Waals surface area contributed by atoms with Crippen molar-refractivity contribution in [3.05, 3.63) is 23.1 Å². The normalized spacial score (nSPS) is 15.4. The molecule has 0 aromatic carbocycles. The minimum Gasteiger partial charge on any atom is -0.392 e. The molecule has 5 nitrogen and oxygen atoms in total. The minimum atomic E-state index is -0.417. The van der Waals surface area contributed by atoms with E-state index in [2.05, 4.69) is 29.1 Å². The lowest BCUT2D eigenvalue weighted by Crippen LogP contribution is -2.16. The van der Waals surface area contributed by atoms with Gasteiger partial charge in [0.25, 0.3) is 0 Å². The SMILES string of the molecule is CC(C)c1nc2sc3c(NC[C@H](C)O)ncnc3c2c2c1CCC2. The van der Waals surface area contributed by atoms with Gasteiger partial charge in [-0.3, -0.25) is 0 Å². The van der Waals surface area contributed by atoms with Crippen molar-refractivity contribution >= 4 is 37.6 Å². The summed E-state index contributed by atoms with van der Waals surface area (Å²) in [6.07, 6.45) is 4.63. The Kier molecular flexibility index (Phi) is 3.89. The molecule has 3 heterocycles. The number of hydrogen-bond donors (Lipinski definition) is 2. The maximum atomic E-state index is 9.53. The number of anilines is 1. The lowest BCUT2D eigenvalue weighted by atomic mass is 9.99. The topological polar surface area (TPSA) is 70.9 Å². The molecule has 0 amide bonds. The van der Waals surface area contributed by atoms with Gasteiger partial charge >= 0.3 is 0 Å². The molecule has 0 spiro atoms. The zero-order valence-corrected chi connectivity index (χ0v) is 15.1. The molecule has 4 rings (SSSR count). The molecule has 1 atom stereocenters. The number of nitrogens with one attached hydrogen (secondary N) is 1. The van der Waals surface area contributed by atoms with Crippen LogP contribution in [0.1, 0.15) is 49.9 Å². The van der Waals surface area contributed by atoms with Crippen LogP contribution < -0.4 is 5.32 Å². The van der Waals surface area contributed by atoms with Gasteiger partial charge in [-0.25, -0.2) is 15.0 Å². The lowest BCUT2D eigenvalue weighted by molar-refractivity contribution is 0.208. The highest BCUT2D eigenvalue weighted by Gasteiger charge is 2.25. The maximum Gasteiger partial charge on any atom is 0.147 e. The zero-order valence-electron chi connectivity index (χ0n) is 14.3. The highest BCUT2D eigenvalue weighted by Crippen LogP contribution is 2.42. The molecule has 0 unspecified atom stereocenters. The first-order valence-corrected chi connectivity index (χ1v) is 9.38. The van der Waals surface area contributed by atoms with Gasteiger partial charge in [0.15, 0.2) is 0 Å². The molecule has 0 radical (unpaired) electrons. The van der Waals surface area contributed by atoms with Crippen LogP contribution in [0.15, 0.2) is 6.33 Å². The molecule has 6 heteroatoms. The maximum absolute atomic E-state index is 9.53. The van der Waals surface area contributed by atoms with Gasteiger partial charge in [-0.15, -0.1) is 11.3 Å². The molecule has 0 saturated heterocycles. The quantitative estimate of drug-likeness (QED) is 0.757. The summed E-state index contributed by atoms with van der Waals surface area (Å²) in [5.74, 6) is 1.23. The molecule has 1 aliphatic carbocycles. The molecule has 0 fully saturated rings. The van der Waals surface area contributed by atoms with E-state index in [-0.39, 0.29) is 0 Å². The first-order chi connectivity index (χ1) is 11.6. The molecule has 3 aromatic rings. The second-order valence-electron chi connectivity index (χ2n) is 6.87. The van der Waals surface area contributed by atoms with Crippen LogP contribution in [-0.2, 0) is 12.8 Å². The van der Waals surface area contributed by atoms with E-state index in [0.29, 0.717) is 12.5 Å². The number of aliphatic hydroxyl groups excluding tert-OH is 1. The third-order valence-corrected chi connectivity index (χ3v) is 5.70. The molecule has 0 saturated carbocycles. The molecular weight excluding hydrogens is 320 g/mol. The number of thiophene rings is 1. The summed E-state index contributed by atoms with van der Waals surface area (Å²) >= 11 is 1.66. The Labute approximate surface area is 145 Å². The van der Waals surface area contributed by atoms with Crippen molar-refractivity contribution in [2.45, 2.75) is 52.1 Å². The van der Waals surface area contributed by atoms with Crippen molar-refractivity contribution in [2.75, 3.05) is 11.9 Å². The standard InChI is InChI=1S/C18H22N4OS/c1-9(2)14-12-6-4-5-11(12)13-15-16(24-18(13)22-14)17(21-8-20-15)19-7-10(3)23/h8-10,23H,4-7H2,1-3H3,(H,19,20,21)/t10-/m0/s1. The molecular formula is C18H22N4OS. The van der Waals surface area contributed by atoms with Crippen molar-refractivity contribution in [2.24, 2.45) is 0 Å². The van der Waals surface area contributed by atoms with E-state index in [4.69, 9.17) is 4.98 Å². The third kappa shape index (κ3) is 2.45. The summed E-state index contributed by atoms with van der Waals surface area (Å²) in [7, 11) is 0. The number of nitrogens with zero attached hydrogens (tertiary/aromatic N) is 3. The summed E-state index contributed by atoms with van der Waals surface area (Å²) < 4.78 is 1.04. The Morgan fingerprint density at radius 1 is 1.21 bits per heavy atom. The predicted octanol–water partition coefficient (Wildman–Crippen LogP) is 3.64. The van der Waals surface area contributed by atoms with E-state index in [0.717, 1.165) is 33.7 Å². The number of aromatic nitrogens is 3. The summed E-state index contributed by atoms with van der Waals surface area (Å²) in [5.41, 5.74) is 5.12. The number of aliphatic hydroxyl groups is 1. The van der Waals surface area contributed by atoms with Crippen molar-refractivity contribution in [3.8, 4) is 0 Å². The van der Waals surface area contributed by atoms with Gasteiger partial charge in [0.1, 0.15) is 17.0 Å². The molecule has 3 aromatic heterocycles. The van der Waals surface area contributed by atoms with Crippen LogP contribution in [0.5, 0.6) is 0 Å². The Bertz CT molecular complexity index is 916. The minimum absolute atomic E-state index is 0.417. The monoisotopic (exact) mass is 342 g/mol. The van der Waals surface area contributed by atoms with Crippen molar-refractivity contribution in [1.29, 1.82) is 0 Å². The molecule has 24 heavy (non-hydrogen) atoms. The van der Waals surface area contributed by atoms with Crippen LogP contribution in [0.25, 0.3) is 20.4 Å². The van der Waals surface area contributed by atoms with E-state index in [9.17, 15) is 5.11 Å². The van der Waals surface area contributed by atoms with Gasteiger partial charge in [0.2, 0.25) is 0 Å². The van der Waals surface area contributed by atoms with Crippen LogP contribution >= 0.6 is 11.3 Å². The Hall–Kier alpha value is -1.79. The van der Waals surface area contributed by atoms with E-state index in [1.54, 1.807) is 24.6 Å². The smallest absolute Gasteiger partial charge is 0.147 e. The average Bonchev–Trinajstić information content (AvgIpc) is 3.15. The Morgan fingerprint density at radius 2 is 2.00 bits per heavy atom. The molecule has 126 valence electrons. The summed E-state index contributed by atoms with van der Waals surface area (Å²) in [6.45, 7) is 6.67. The van der Waals surface area contributed by atoms with E-state index in [1.165, 1.54) is 28.6 Å². The molecule has 0 aliphatic heterocycles. The van der Waals surface area contributed by atoms with E-state index in [1.807, 2.05) is 0 Å². The Morgan fingerprint density at radius 3 is 2.75 bits per heavy atom. The van der Waals surface area contributed by atoms with Crippen LogP contribution in [0.2, 0.25) is 0 Å². The fraction of sp³-hybridized carbons (Fsp3) is 0.500. The highest BCUT2D eigenvalue weighted by atomic mass is 32.1. The van der Waals surface area contributed by atoms with Gasteiger partial charge < -0.3 is 10.4 Å². The van der Waals surface area contributed by atoms with Gasteiger partial charge in [0, 0.05) is 17.6 Å². The second-order valence-corrected chi connectivity index (χ2v) is 7.87. The van der Waals surface area contributed by atoms with Crippen molar-refractivity contribution in [1.82, 2.24) is 15.0 Å². The lowest BCUT2D eigenvalue weighted by Gasteiger charge is -2.11. The number of fused-ring (bicyclic) bond motifs is 5. The summed E-state index contributed by atoms with van der Waals surface area (Å²) in [5, 5.41) is 14.0. The zero-order chi connectivity index (χ0) is 16.8. The number of hydrogen-bond acceptors (Lipinski definition) is 6. The van der Waals surface area contributed by atoms with Crippen LogP contribution in [0.3, 0.4) is 0 Å². The van der Waals surface area contributed by atoms with E-state index < -0.39 is 6.10 Å². The number of rotatable bonds is 4. The Balaban J connectivity index is 1.97. The summed E-state index contributed by atoms with van der Waals surface area (Å²) in [6, 6.07) is 0. The molecule has 1 aliphatic rings. The second kappa shape index (κ2) is 5.93. The predicted molar refractivity (Wildman–Crippen MR) is 99.0 cm³/mol.